The molecule has 8 heteroatoms. The lowest BCUT2D eigenvalue weighted by Crippen LogP contribution is -2.57. The summed E-state index contributed by atoms with van der Waals surface area (Å²) in [5.41, 5.74) is 1.84. The lowest BCUT2D eigenvalue weighted by atomic mass is 9.82. The van der Waals surface area contributed by atoms with Crippen LogP contribution in [0.2, 0.25) is 0 Å². The van der Waals surface area contributed by atoms with E-state index in [2.05, 4.69) is 20.3 Å². The summed E-state index contributed by atoms with van der Waals surface area (Å²) < 4.78 is 0. The van der Waals surface area contributed by atoms with Gasteiger partial charge in [0.1, 0.15) is 11.6 Å². The lowest BCUT2D eigenvalue weighted by molar-refractivity contribution is -0.140. The second-order valence-corrected chi connectivity index (χ2v) is 11.0. The molecule has 8 nitrogen and oxygen atoms in total. The van der Waals surface area contributed by atoms with Crippen LogP contribution in [-0.4, -0.2) is 55.9 Å². The average Bonchev–Trinajstić information content (AvgIpc) is 3.61. The number of piperidine rings is 1. The maximum absolute atomic E-state index is 13.6. The van der Waals surface area contributed by atoms with Gasteiger partial charge >= 0.3 is 0 Å². The number of benzene rings is 1. The van der Waals surface area contributed by atoms with Crippen LogP contribution in [-0.2, 0) is 10.4 Å². The highest BCUT2D eigenvalue weighted by Gasteiger charge is 2.41. The normalized spacial score (nSPS) is 18.9. The molecule has 3 aromatic rings. The molecule has 2 amide bonds. The fraction of sp³-hybridized carbons (Fsp3) is 0.481. The third-order valence-corrected chi connectivity index (χ3v) is 7.24. The van der Waals surface area contributed by atoms with E-state index in [1.807, 2.05) is 51.1 Å². The number of aromatic amines is 1. The fourth-order valence-corrected chi connectivity index (χ4v) is 4.83. The number of rotatable bonds is 5. The molecule has 184 valence electrons. The smallest absolute Gasteiger partial charge is 0.255 e. The third kappa shape index (κ3) is 4.67. The van der Waals surface area contributed by atoms with Crippen molar-refractivity contribution < 1.29 is 14.7 Å². The molecule has 5 rings (SSSR count). The molecule has 1 saturated heterocycles. The Bertz CT molecular complexity index is 1230. The number of nitrogens with one attached hydrogen (secondary N) is 2. The van der Waals surface area contributed by atoms with E-state index in [0.717, 1.165) is 24.1 Å². The SMILES string of the molecule is CC(C)(C)[C@@H](NC(=O)c1c[nH]c2ncc(C3CC3)nc12)C(=O)N1CCC(O)(c2ccccc2)CC1. The van der Waals surface area contributed by atoms with Crippen molar-refractivity contribution in [2.24, 2.45) is 5.41 Å². The van der Waals surface area contributed by atoms with Crippen LogP contribution in [0.1, 0.15) is 74.0 Å². The Labute approximate surface area is 205 Å². The molecule has 3 heterocycles. The molecule has 1 saturated carbocycles. The zero-order chi connectivity index (χ0) is 24.8. The molecule has 2 aliphatic rings. The highest BCUT2D eigenvalue weighted by molar-refractivity contribution is 6.06. The first-order valence-electron chi connectivity index (χ1n) is 12.4. The van der Waals surface area contributed by atoms with Gasteiger partial charge in [-0.05, 0) is 36.7 Å². The van der Waals surface area contributed by atoms with E-state index in [4.69, 9.17) is 0 Å². The minimum absolute atomic E-state index is 0.134. The number of fused-ring (bicyclic) bond motifs is 1. The standard InChI is InChI=1S/C27H33N5O3/c1-26(2,3)22(25(34)32-13-11-27(35,12-14-32)18-7-5-4-6-8-18)31-24(33)19-15-28-23-21(19)30-20(16-29-23)17-9-10-17/h4-8,15-17,22,35H,9-14H2,1-3H3,(H,28,29)(H,31,33)/t22-/m0/s1. The maximum atomic E-state index is 13.6. The zero-order valence-electron chi connectivity index (χ0n) is 20.5. The molecule has 0 spiro atoms. The van der Waals surface area contributed by atoms with Crippen molar-refractivity contribution in [2.45, 2.75) is 64.0 Å². The number of aliphatic hydroxyl groups is 1. The molecule has 1 aromatic carbocycles. The minimum Gasteiger partial charge on any atom is -0.385 e. The molecule has 0 unspecified atom stereocenters. The van der Waals surface area contributed by atoms with E-state index in [1.165, 1.54) is 0 Å². The van der Waals surface area contributed by atoms with Crippen LogP contribution >= 0.6 is 0 Å². The quantitative estimate of drug-likeness (QED) is 0.523. The predicted molar refractivity (Wildman–Crippen MR) is 133 cm³/mol. The highest BCUT2D eigenvalue weighted by Crippen LogP contribution is 2.39. The van der Waals surface area contributed by atoms with Crippen LogP contribution in [0.25, 0.3) is 11.2 Å². The molecule has 0 bridgehead atoms. The van der Waals surface area contributed by atoms with Crippen LogP contribution in [0, 0.1) is 5.41 Å². The number of likely N-dealkylation sites (tertiary alicyclic amines) is 1. The van der Waals surface area contributed by atoms with Gasteiger partial charge in [0.15, 0.2) is 5.65 Å². The van der Waals surface area contributed by atoms with Crippen LogP contribution < -0.4 is 5.32 Å². The molecule has 1 aliphatic carbocycles. The van der Waals surface area contributed by atoms with Gasteiger partial charge in [-0.15, -0.1) is 0 Å². The van der Waals surface area contributed by atoms with Crippen molar-refractivity contribution in [3.05, 3.63) is 59.5 Å². The van der Waals surface area contributed by atoms with Crippen molar-refractivity contribution in [3.8, 4) is 0 Å². The van der Waals surface area contributed by atoms with E-state index < -0.39 is 17.1 Å². The molecular formula is C27H33N5O3. The average molecular weight is 476 g/mol. The van der Waals surface area contributed by atoms with Gasteiger partial charge in [0.05, 0.1) is 23.1 Å². The first-order chi connectivity index (χ1) is 16.7. The van der Waals surface area contributed by atoms with E-state index in [1.54, 1.807) is 17.3 Å². The fourth-order valence-electron chi connectivity index (χ4n) is 4.83. The number of H-pyrrole nitrogens is 1. The number of hydrogen-bond acceptors (Lipinski definition) is 5. The van der Waals surface area contributed by atoms with Crippen LogP contribution in [0.3, 0.4) is 0 Å². The number of amides is 2. The van der Waals surface area contributed by atoms with Crippen molar-refractivity contribution in [3.63, 3.8) is 0 Å². The minimum atomic E-state index is -0.944. The summed E-state index contributed by atoms with van der Waals surface area (Å²) in [5.74, 6) is -0.0506. The van der Waals surface area contributed by atoms with Gasteiger partial charge in [0, 0.05) is 25.2 Å². The van der Waals surface area contributed by atoms with E-state index in [0.29, 0.717) is 48.6 Å². The Hall–Kier alpha value is -3.26. The lowest BCUT2D eigenvalue weighted by Gasteiger charge is -2.41. The number of carbonyl (C=O) groups excluding carboxylic acids is 2. The summed E-state index contributed by atoms with van der Waals surface area (Å²) in [6, 6.07) is 8.89. The van der Waals surface area contributed by atoms with Crippen molar-refractivity contribution in [1.29, 1.82) is 0 Å². The Balaban J connectivity index is 1.32. The molecule has 1 aliphatic heterocycles. The van der Waals surface area contributed by atoms with Crippen molar-refractivity contribution >= 4 is 23.0 Å². The number of carbonyl (C=O) groups is 2. The summed E-state index contributed by atoms with van der Waals surface area (Å²) in [4.78, 5) is 40.8. The first kappa shape index (κ1) is 23.5. The molecule has 1 atom stereocenters. The second kappa shape index (κ2) is 8.75. The predicted octanol–water partition coefficient (Wildman–Crippen LogP) is 3.49. The number of nitrogens with zero attached hydrogens (tertiary/aromatic N) is 3. The van der Waals surface area contributed by atoms with Crippen molar-refractivity contribution in [1.82, 2.24) is 25.2 Å². The van der Waals surface area contributed by atoms with Crippen LogP contribution in [0.15, 0.2) is 42.7 Å². The first-order valence-corrected chi connectivity index (χ1v) is 12.4. The van der Waals surface area contributed by atoms with E-state index in [9.17, 15) is 14.7 Å². The third-order valence-electron chi connectivity index (χ3n) is 7.24. The van der Waals surface area contributed by atoms with Gasteiger partial charge in [-0.25, -0.2) is 9.97 Å². The van der Waals surface area contributed by atoms with Gasteiger partial charge < -0.3 is 20.3 Å². The Morgan fingerprint density at radius 1 is 1.17 bits per heavy atom. The van der Waals surface area contributed by atoms with Gasteiger partial charge in [0.25, 0.3) is 5.91 Å². The van der Waals surface area contributed by atoms with Crippen LogP contribution in [0.4, 0.5) is 0 Å². The summed E-state index contributed by atoms with van der Waals surface area (Å²) in [6.45, 7) is 6.69. The molecular weight excluding hydrogens is 442 g/mol. The van der Waals surface area contributed by atoms with Gasteiger partial charge in [0.2, 0.25) is 5.91 Å². The topological polar surface area (TPSA) is 111 Å². The van der Waals surface area contributed by atoms with E-state index in [-0.39, 0.29) is 11.8 Å². The number of hydrogen-bond donors (Lipinski definition) is 3. The summed E-state index contributed by atoms with van der Waals surface area (Å²) in [5, 5.41) is 14.1. The molecule has 3 N–H and O–H groups in total. The molecule has 35 heavy (non-hydrogen) atoms. The van der Waals surface area contributed by atoms with Gasteiger partial charge in [-0.2, -0.15) is 0 Å². The molecule has 2 fully saturated rings. The monoisotopic (exact) mass is 475 g/mol. The Morgan fingerprint density at radius 3 is 2.49 bits per heavy atom. The highest BCUT2D eigenvalue weighted by atomic mass is 16.3. The number of aromatic nitrogens is 3. The largest absolute Gasteiger partial charge is 0.385 e. The summed E-state index contributed by atoms with van der Waals surface area (Å²) in [7, 11) is 0. The maximum Gasteiger partial charge on any atom is 0.255 e. The second-order valence-electron chi connectivity index (χ2n) is 11.0. The van der Waals surface area contributed by atoms with Crippen LogP contribution in [0.5, 0.6) is 0 Å². The zero-order valence-corrected chi connectivity index (χ0v) is 20.5. The Kier molecular flexibility index (Phi) is 5.87. The van der Waals surface area contributed by atoms with Crippen molar-refractivity contribution in [2.75, 3.05) is 13.1 Å². The van der Waals surface area contributed by atoms with Gasteiger partial charge in [-0.3, -0.25) is 9.59 Å². The van der Waals surface area contributed by atoms with E-state index >= 15 is 0 Å². The van der Waals surface area contributed by atoms with Gasteiger partial charge in [-0.1, -0.05) is 51.1 Å². The Morgan fingerprint density at radius 2 is 1.86 bits per heavy atom. The molecule has 0 radical (unpaired) electrons. The molecule has 2 aromatic heterocycles. The summed E-state index contributed by atoms with van der Waals surface area (Å²) >= 11 is 0. The summed E-state index contributed by atoms with van der Waals surface area (Å²) in [6.07, 6.45) is 6.49.